The number of pyridine rings is 1. The predicted octanol–water partition coefficient (Wildman–Crippen LogP) is 0.886. The molecule has 0 N–H and O–H groups in total. The maximum absolute atomic E-state index is 5.07. The van der Waals surface area contributed by atoms with Gasteiger partial charge in [0.2, 0.25) is 0 Å². The number of hydrogen-bond acceptors (Lipinski definition) is 4. The second-order valence-electron chi connectivity index (χ2n) is 2.89. The second kappa shape index (κ2) is 3.45. The van der Waals surface area contributed by atoms with E-state index in [0.29, 0.717) is 5.75 Å². The molecule has 0 saturated carbocycles. The van der Waals surface area contributed by atoms with E-state index in [1.807, 2.05) is 19.3 Å². The summed E-state index contributed by atoms with van der Waals surface area (Å²) in [5.41, 5.74) is 1.69. The third-order valence-corrected chi connectivity index (χ3v) is 1.85. The Labute approximate surface area is 81.3 Å². The topological polar surface area (TPSA) is 52.8 Å². The van der Waals surface area contributed by atoms with Gasteiger partial charge < -0.3 is 4.74 Å². The third-order valence-electron chi connectivity index (χ3n) is 1.85. The molecule has 0 atom stereocenters. The highest BCUT2D eigenvalue weighted by Crippen LogP contribution is 2.19. The lowest BCUT2D eigenvalue weighted by Gasteiger charge is -1.99. The Bertz CT molecular complexity index is 438. The van der Waals surface area contributed by atoms with Crippen LogP contribution in [0.5, 0.6) is 5.75 Å². The van der Waals surface area contributed by atoms with E-state index in [4.69, 9.17) is 4.74 Å². The summed E-state index contributed by atoms with van der Waals surface area (Å²) in [6, 6.07) is 1.87. The lowest BCUT2D eigenvalue weighted by atomic mass is 10.2. The van der Waals surface area contributed by atoms with E-state index in [-0.39, 0.29) is 0 Å². The summed E-state index contributed by atoms with van der Waals surface area (Å²) in [6.07, 6.45) is 5.21. The van der Waals surface area contributed by atoms with E-state index in [2.05, 4.69) is 15.3 Å². The average Bonchev–Trinajstić information content (AvgIpc) is 2.65. The highest BCUT2D eigenvalue weighted by molar-refractivity contribution is 5.58. The molecule has 5 heteroatoms. The quantitative estimate of drug-likeness (QED) is 0.705. The van der Waals surface area contributed by atoms with Crippen molar-refractivity contribution in [3.63, 3.8) is 0 Å². The van der Waals surface area contributed by atoms with Crippen LogP contribution in [0.4, 0.5) is 0 Å². The molecule has 2 aromatic heterocycles. The Morgan fingerprint density at radius 3 is 2.86 bits per heavy atom. The fraction of sp³-hybridized carbons (Fsp3) is 0.222. The summed E-state index contributed by atoms with van der Waals surface area (Å²) in [4.78, 5) is 4.04. The SMILES string of the molecule is COc1cncc(-c2cn(C)nn2)c1. The van der Waals surface area contributed by atoms with Crippen LogP contribution in [0.2, 0.25) is 0 Å². The lowest BCUT2D eigenvalue weighted by molar-refractivity contribution is 0.413. The molecule has 72 valence electrons. The van der Waals surface area contributed by atoms with Crippen LogP contribution >= 0.6 is 0 Å². The maximum atomic E-state index is 5.07. The first-order valence-corrected chi connectivity index (χ1v) is 4.15. The molecule has 0 saturated heterocycles. The molecule has 0 amide bonds. The van der Waals surface area contributed by atoms with Crippen LogP contribution in [-0.2, 0) is 7.05 Å². The summed E-state index contributed by atoms with van der Waals surface area (Å²) < 4.78 is 6.71. The van der Waals surface area contributed by atoms with Crippen LogP contribution in [0.1, 0.15) is 0 Å². The minimum Gasteiger partial charge on any atom is -0.495 e. The van der Waals surface area contributed by atoms with Crippen molar-refractivity contribution < 1.29 is 4.74 Å². The van der Waals surface area contributed by atoms with Gasteiger partial charge in [-0.1, -0.05) is 5.21 Å². The first kappa shape index (κ1) is 8.68. The van der Waals surface area contributed by atoms with Gasteiger partial charge in [0.25, 0.3) is 0 Å². The fourth-order valence-corrected chi connectivity index (χ4v) is 1.15. The minimum atomic E-state index is 0.716. The molecule has 2 rings (SSSR count). The van der Waals surface area contributed by atoms with Crippen LogP contribution in [0.25, 0.3) is 11.3 Å². The van der Waals surface area contributed by atoms with E-state index >= 15 is 0 Å². The van der Waals surface area contributed by atoms with Crippen molar-refractivity contribution in [2.75, 3.05) is 7.11 Å². The fourth-order valence-electron chi connectivity index (χ4n) is 1.15. The summed E-state index contributed by atoms with van der Waals surface area (Å²) in [7, 11) is 3.43. The van der Waals surface area contributed by atoms with Gasteiger partial charge in [0.05, 0.1) is 19.5 Å². The first-order valence-electron chi connectivity index (χ1n) is 4.15. The van der Waals surface area contributed by atoms with Gasteiger partial charge in [-0.05, 0) is 6.07 Å². The zero-order valence-corrected chi connectivity index (χ0v) is 8.01. The van der Waals surface area contributed by atoms with Crippen molar-refractivity contribution in [1.82, 2.24) is 20.0 Å². The third kappa shape index (κ3) is 1.56. The van der Waals surface area contributed by atoms with Gasteiger partial charge in [-0.2, -0.15) is 0 Å². The molecule has 2 heterocycles. The van der Waals surface area contributed by atoms with E-state index in [1.165, 1.54) is 0 Å². The van der Waals surface area contributed by atoms with Crippen molar-refractivity contribution >= 4 is 0 Å². The highest BCUT2D eigenvalue weighted by atomic mass is 16.5. The molecule has 0 unspecified atom stereocenters. The van der Waals surface area contributed by atoms with Gasteiger partial charge in [0.1, 0.15) is 11.4 Å². The normalized spacial score (nSPS) is 10.1. The van der Waals surface area contributed by atoms with Crippen molar-refractivity contribution in [3.05, 3.63) is 24.7 Å². The van der Waals surface area contributed by atoms with Gasteiger partial charge in [0, 0.05) is 18.8 Å². The highest BCUT2D eigenvalue weighted by Gasteiger charge is 2.03. The molecule has 0 aliphatic heterocycles. The van der Waals surface area contributed by atoms with Gasteiger partial charge >= 0.3 is 0 Å². The summed E-state index contributed by atoms with van der Waals surface area (Å²) in [5, 5.41) is 7.83. The molecule has 0 fully saturated rings. The monoisotopic (exact) mass is 190 g/mol. The molecule has 0 spiro atoms. The van der Waals surface area contributed by atoms with Crippen LogP contribution in [0.3, 0.4) is 0 Å². The Hall–Kier alpha value is -1.91. The standard InChI is InChI=1S/C9H10N4O/c1-13-6-9(11-12-13)7-3-8(14-2)5-10-4-7/h3-6H,1-2H3. The Morgan fingerprint density at radius 1 is 1.36 bits per heavy atom. The summed E-state index contributed by atoms with van der Waals surface area (Å²) in [5.74, 6) is 0.716. The van der Waals surface area contributed by atoms with E-state index in [1.54, 1.807) is 24.2 Å². The number of rotatable bonds is 2. The molecule has 0 aliphatic rings. The van der Waals surface area contributed by atoms with Gasteiger partial charge in [0.15, 0.2) is 0 Å². The number of methoxy groups -OCH3 is 1. The Morgan fingerprint density at radius 2 is 2.21 bits per heavy atom. The number of hydrogen-bond donors (Lipinski definition) is 0. The molecule has 0 radical (unpaired) electrons. The number of nitrogens with zero attached hydrogens (tertiary/aromatic N) is 4. The zero-order chi connectivity index (χ0) is 9.97. The molecule has 0 bridgehead atoms. The first-order chi connectivity index (χ1) is 6.79. The van der Waals surface area contributed by atoms with E-state index in [0.717, 1.165) is 11.3 Å². The maximum Gasteiger partial charge on any atom is 0.137 e. The van der Waals surface area contributed by atoms with Crippen LogP contribution in [-0.4, -0.2) is 27.1 Å². The smallest absolute Gasteiger partial charge is 0.137 e. The van der Waals surface area contributed by atoms with E-state index in [9.17, 15) is 0 Å². The van der Waals surface area contributed by atoms with E-state index < -0.39 is 0 Å². The number of aromatic nitrogens is 4. The molecule has 0 aromatic carbocycles. The van der Waals surface area contributed by atoms with Crippen LogP contribution in [0.15, 0.2) is 24.7 Å². The minimum absolute atomic E-state index is 0.716. The van der Waals surface area contributed by atoms with Crippen molar-refractivity contribution in [1.29, 1.82) is 0 Å². The molecular formula is C9H10N4O. The largest absolute Gasteiger partial charge is 0.495 e. The summed E-state index contributed by atoms with van der Waals surface area (Å²) in [6.45, 7) is 0. The Balaban J connectivity index is 2.41. The van der Waals surface area contributed by atoms with Crippen LogP contribution < -0.4 is 4.74 Å². The second-order valence-corrected chi connectivity index (χ2v) is 2.89. The van der Waals surface area contributed by atoms with Crippen LogP contribution in [0, 0.1) is 0 Å². The van der Waals surface area contributed by atoms with Crippen molar-refractivity contribution in [3.8, 4) is 17.0 Å². The average molecular weight is 190 g/mol. The number of aryl methyl sites for hydroxylation is 1. The summed E-state index contributed by atoms with van der Waals surface area (Å²) >= 11 is 0. The lowest BCUT2D eigenvalue weighted by Crippen LogP contribution is -1.86. The van der Waals surface area contributed by atoms with Gasteiger partial charge in [-0.15, -0.1) is 5.10 Å². The molecule has 2 aromatic rings. The van der Waals surface area contributed by atoms with Crippen molar-refractivity contribution in [2.45, 2.75) is 0 Å². The number of ether oxygens (including phenoxy) is 1. The zero-order valence-electron chi connectivity index (χ0n) is 8.01. The molecule has 0 aliphatic carbocycles. The Kier molecular flexibility index (Phi) is 2.14. The predicted molar refractivity (Wildman–Crippen MR) is 50.8 cm³/mol. The van der Waals surface area contributed by atoms with Gasteiger partial charge in [-0.25, -0.2) is 0 Å². The molecular weight excluding hydrogens is 180 g/mol. The van der Waals surface area contributed by atoms with Gasteiger partial charge in [-0.3, -0.25) is 9.67 Å². The molecule has 5 nitrogen and oxygen atoms in total. The molecule has 14 heavy (non-hydrogen) atoms. The van der Waals surface area contributed by atoms with Crippen molar-refractivity contribution in [2.24, 2.45) is 7.05 Å².